The lowest BCUT2D eigenvalue weighted by Gasteiger charge is -2.21. The molecule has 0 spiro atoms. The van der Waals surface area contributed by atoms with Gasteiger partial charge in [0.2, 0.25) is 0 Å². The predicted octanol–water partition coefficient (Wildman–Crippen LogP) is 3.39. The summed E-state index contributed by atoms with van der Waals surface area (Å²) in [5.74, 6) is 1.61. The molecule has 0 aliphatic carbocycles. The van der Waals surface area contributed by atoms with Gasteiger partial charge in [0.15, 0.2) is 0 Å². The van der Waals surface area contributed by atoms with Gasteiger partial charge in [-0.2, -0.15) is 0 Å². The number of benzene rings is 2. The number of hydrogen-bond acceptors (Lipinski definition) is 3. The van der Waals surface area contributed by atoms with E-state index in [9.17, 15) is 5.11 Å². The Kier molecular flexibility index (Phi) is 3.96. The van der Waals surface area contributed by atoms with Crippen LogP contribution in [0.15, 0.2) is 36.4 Å². The van der Waals surface area contributed by atoms with E-state index >= 15 is 0 Å². The lowest BCUT2D eigenvalue weighted by atomic mass is 10.1. The third-order valence-corrected chi connectivity index (χ3v) is 3.33. The number of rotatable bonds is 5. The topological polar surface area (TPSA) is 38.7 Å². The molecule has 1 atom stereocenters. The molecule has 0 aliphatic heterocycles. The molecule has 1 N–H and O–H groups in total. The molecule has 19 heavy (non-hydrogen) atoms. The molecule has 0 aliphatic rings. The highest BCUT2D eigenvalue weighted by Crippen LogP contribution is 2.25. The molecule has 0 saturated heterocycles. The Balaban J connectivity index is 2.18. The second kappa shape index (κ2) is 5.49. The fourth-order valence-electron chi connectivity index (χ4n) is 1.76. The van der Waals surface area contributed by atoms with E-state index in [1.165, 1.54) is 0 Å². The molecule has 0 amide bonds. The molecule has 2 aromatic rings. The van der Waals surface area contributed by atoms with Crippen LogP contribution in [0.4, 0.5) is 0 Å². The second-order valence-electron chi connectivity index (χ2n) is 5.01. The van der Waals surface area contributed by atoms with Crippen molar-refractivity contribution in [3.8, 4) is 11.5 Å². The summed E-state index contributed by atoms with van der Waals surface area (Å²) in [5, 5.41) is 12.1. The quantitative estimate of drug-likeness (QED) is 0.895. The van der Waals surface area contributed by atoms with E-state index in [0.717, 1.165) is 22.3 Å². The van der Waals surface area contributed by atoms with Gasteiger partial charge in [-0.3, -0.25) is 0 Å². The van der Waals surface area contributed by atoms with Crippen LogP contribution in [0.25, 0.3) is 10.8 Å². The summed E-state index contributed by atoms with van der Waals surface area (Å²) in [6.07, 6.45) is 0.664. The van der Waals surface area contributed by atoms with Crippen molar-refractivity contribution in [1.82, 2.24) is 0 Å². The van der Waals surface area contributed by atoms with Gasteiger partial charge in [-0.1, -0.05) is 19.1 Å². The molecule has 0 saturated carbocycles. The molecule has 2 aromatic carbocycles. The Morgan fingerprint density at radius 2 is 1.63 bits per heavy atom. The summed E-state index contributed by atoms with van der Waals surface area (Å²) in [7, 11) is 1.66. The minimum atomic E-state index is -0.783. The van der Waals surface area contributed by atoms with Gasteiger partial charge in [0.05, 0.1) is 12.7 Å². The summed E-state index contributed by atoms with van der Waals surface area (Å²) in [4.78, 5) is 0. The third-order valence-electron chi connectivity index (χ3n) is 3.33. The van der Waals surface area contributed by atoms with Crippen LogP contribution in [-0.2, 0) is 0 Å². The van der Waals surface area contributed by atoms with Crippen molar-refractivity contribution in [2.45, 2.75) is 25.9 Å². The standard InChI is InChI=1S/C16H20O3/c1-4-16(2,17)11-19-15-8-6-12-9-14(18-3)7-5-13(12)10-15/h5-10,17H,4,11H2,1-3H3. The van der Waals surface area contributed by atoms with Crippen molar-refractivity contribution in [1.29, 1.82) is 0 Å². The highest BCUT2D eigenvalue weighted by atomic mass is 16.5. The van der Waals surface area contributed by atoms with Gasteiger partial charge < -0.3 is 14.6 Å². The Hall–Kier alpha value is -1.74. The molecule has 0 aromatic heterocycles. The van der Waals surface area contributed by atoms with E-state index in [-0.39, 0.29) is 0 Å². The third kappa shape index (κ3) is 3.38. The van der Waals surface area contributed by atoms with Crippen LogP contribution in [0.2, 0.25) is 0 Å². The lowest BCUT2D eigenvalue weighted by Crippen LogP contribution is -2.31. The Morgan fingerprint density at radius 1 is 1.05 bits per heavy atom. The molecular formula is C16H20O3. The largest absolute Gasteiger partial charge is 0.497 e. The van der Waals surface area contributed by atoms with Crippen molar-refractivity contribution < 1.29 is 14.6 Å². The van der Waals surface area contributed by atoms with E-state index in [0.29, 0.717) is 13.0 Å². The van der Waals surface area contributed by atoms with Crippen molar-refractivity contribution in [2.75, 3.05) is 13.7 Å². The van der Waals surface area contributed by atoms with Crippen molar-refractivity contribution in [3.05, 3.63) is 36.4 Å². The fourth-order valence-corrected chi connectivity index (χ4v) is 1.76. The molecule has 1 unspecified atom stereocenters. The summed E-state index contributed by atoms with van der Waals surface area (Å²) >= 11 is 0. The number of hydrogen-bond donors (Lipinski definition) is 1. The first-order chi connectivity index (χ1) is 9.04. The van der Waals surface area contributed by atoms with Crippen molar-refractivity contribution >= 4 is 10.8 Å². The number of methoxy groups -OCH3 is 1. The first-order valence-electron chi connectivity index (χ1n) is 6.47. The van der Waals surface area contributed by atoms with E-state index in [4.69, 9.17) is 9.47 Å². The molecule has 0 radical (unpaired) electrons. The van der Waals surface area contributed by atoms with Crippen LogP contribution >= 0.6 is 0 Å². The molecular weight excluding hydrogens is 240 g/mol. The number of ether oxygens (including phenoxy) is 2. The van der Waals surface area contributed by atoms with Crippen LogP contribution in [0.5, 0.6) is 11.5 Å². The van der Waals surface area contributed by atoms with Crippen molar-refractivity contribution in [2.24, 2.45) is 0 Å². The first kappa shape index (κ1) is 13.7. The van der Waals surface area contributed by atoms with E-state index in [1.54, 1.807) is 14.0 Å². The van der Waals surface area contributed by atoms with Gasteiger partial charge >= 0.3 is 0 Å². The van der Waals surface area contributed by atoms with E-state index in [2.05, 4.69) is 0 Å². The van der Waals surface area contributed by atoms with Crippen LogP contribution in [-0.4, -0.2) is 24.4 Å². The van der Waals surface area contributed by atoms with Crippen LogP contribution < -0.4 is 9.47 Å². The normalized spacial score (nSPS) is 14.1. The minimum Gasteiger partial charge on any atom is -0.497 e. The molecule has 0 fully saturated rings. The number of fused-ring (bicyclic) bond motifs is 1. The summed E-state index contributed by atoms with van der Waals surface area (Å²) in [5.41, 5.74) is -0.783. The maximum absolute atomic E-state index is 9.92. The minimum absolute atomic E-state index is 0.297. The Bertz CT molecular complexity index is 561. The zero-order valence-electron chi connectivity index (χ0n) is 11.6. The maximum atomic E-state index is 9.92. The molecule has 2 rings (SSSR count). The summed E-state index contributed by atoms with van der Waals surface area (Å²) < 4.78 is 10.8. The van der Waals surface area contributed by atoms with Crippen LogP contribution in [0, 0.1) is 0 Å². The molecule has 0 heterocycles. The average molecular weight is 260 g/mol. The van der Waals surface area contributed by atoms with Crippen LogP contribution in [0.3, 0.4) is 0 Å². The smallest absolute Gasteiger partial charge is 0.120 e. The van der Waals surface area contributed by atoms with Gasteiger partial charge in [-0.15, -0.1) is 0 Å². The first-order valence-corrected chi connectivity index (χ1v) is 6.47. The van der Waals surface area contributed by atoms with Gasteiger partial charge in [0.25, 0.3) is 0 Å². The Morgan fingerprint density at radius 3 is 2.21 bits per heavy atom. The summed E-state index contributed by atoms with van der Waals surface area (Å²) in [6.45, 7) is 4.01. The summed E-state index contributed by atoms with van der Waals surface area (Å²) in [6, 6.07) is 11.8. The molecule has 3 nitrogen and oxygen atoms in total. The molecule has 3 heteroatoms. The van der Waals surface area contributed by atoms with Gasteiger partial charge in [-0.25, -0.2) is 0 Å². The lowest BCUT2D eigenvalue weighted by molar-refractivity contribution is 0.00851. The zero-order valence-corrected chi connectivity index (χ0v) is 11.6. The monoisotopic (exact) mass is 260 g/mol. The highest BCUT2D eigenvalue weighted by Gasteiger charge is 2.18. The van der Waals surface area contributed by atoms with Gasteiger partial charge in [-0.05, 0) is 48.4 Å². The van der Waals surface area contributed by atoms with Crippen LogP contribution in [0.1, 0.15) is 20.3 Å². The molecule has 0 bridgehead atoms. The fraction of sp³-hybridized carbons (Fsp3) is 0.375. The van der Waals surface area contributed by atoms with Crippen molar-refractivity contribution in [3.63, 3.8) is 0 Å². The Labute approximate surface area is 113 Å². The number of aliphatic hydroxyl groups is 1. The van der Waals surface area contributed by atoms with E-state index in [1.807, 2.05) is 43.3 Å². The van der Waals surface area contributed by atoms with Gasteiger partial charge in [0.1, 0.15) is 18.1 Å². The molecule has 102 valence electrons. The van der Waals surface area contributed by atoms with Gasteiger partial charge in [0, 0.05) is 0 Å². The zero-order chi connectivity index (χ0) is 13.9. The van der Waals surface area contributed by atoms with E-state index < -0.39 is 5.60 Å². The average Bonchev–Trinajstić information content (AvgIpc) is 2.44. The maximum Gasteiger partial charge on any atom is 0.120 e. The second-order valence-corrected chi connectivity index (χ2v) is 5.01. The predicted molar refractivity (Wildman–Crippen MR) is 76.9 cm³/mol. The highest BCUT2D eigenvalue weighted by molar-refractivity contribution is 5.85. The SMILES string of the molecule is CCC(C)(O)COc1ccc2cc(OC)ccc2c1.